The lowest BCUT2D eigenvalue weighted by Gasteiger charge is -2.17. The van der Waals surface area contributed by atoms with E-state index in [4.69, 9.17) is 14.2 Å². The quantitative estimate of drug-likeness (QED) is 0.838. The molecule has 0 saturated heterocycles. The third kappa shape index (κ3) is 2.87. The first kappa shape index (κ1) is 14.6. The second-order valence-electron chi connectivity index (χ2n) is 3.55. The Bertz CT molecular complexity index is 511. The molecule has 0 fully saturated rings. The Kier molecular flexibility index (Phi) is 4.57. The number of carboxylic acids is 1. The zero-order valence-electron chi connectivity index (χ0n) is 11.1. The Morgan fingerprint density at radius 2 is 1.68 bits per heavy atom. The van der Waals surface area contributed by atoms with E-state index < -0.39 is 11.9 Å². The number of carboxylic acid groups (broad SMARTS) is 1. The summed E-state index contributed by atoms with van der Waals surface area (Å²) in [5.41, 5.74) is -0.121. The van der Waals surface area contributed by atoms with Gasteiger partial charge in [0.05, 0.1) is 27.0 Å². The molecule has 1 amide bonds. The van der Waals surface area contributed by atoms with Crippen molar-refractivity contribution >= 4 is 17.6 Å². The Labute approximate surface area is 110 Å². The Morgan fingerprint density at radius 1 is 1.11 bits per heavy atom. The van der Waals surface area contributed by atoms with Crippen LogP contribution in [0.3, 0.4) is 0 Å². The van der Waals surface area contributed by atoms with Crippen LogP contribution >= 0.6 is 0 Å². The van der Waals surface area contributed by atoms with Crippen LogP contribution < -0.4 is 19.5 Å². The molecule has 1 aromatic carbocycles. The fourth-order valence-electron chi connectivity index (χ4n) is 1.66. The summed E-state index contributed by atoms with van der Waals surface area (Å²) < 4.78 is 15.2. The molecule has 104 valence electrons. The maximum absolute atomic E-state index is 11.3. The molecule has 0 saturated carbocycles. The lowest BCUT2D eigenvalue weighted by molar-refractivity contribution is -0.114. The highest BCUT2D eigenvalue weighted by Gasteiger charge is 2.25. The van der Waals surface area contributed by atoms with Crippen molar-refractivity contribution < 1.29 is 28.9 Å². The van der Waals surface area contributed by atoms with Gasteiger partial charge in [-0.3, -0.25) is 4.79 Å². The van der Waals surface area contributed by atoms with Gasteiger partial charge in [-0.25, -0.2) is 4.79 Å². The molecule has 0 spiro atoms. The molecular weight excluding hydrogens is 254 g/mol. The highest BCUT2D eigenvalue weighted by atomic mass is 16.5. The summed E-state index contributed by atoms with van der Waals surface area (Å²) >= 11 is 0. The number of carbonyl (C=O) groups excluding carboxylic acids is 1. The third-order valence-corrected chi connectivity index (χ3v) is 2.35. The van der Waals surface area contributed by atoms with Gasteiger partial charge in [0.25, 0.3) is 0 Å². The Morgan fingerprint density at radius 3 is 2.05 bits per heavy atom. The van der Waals surface area contributed by atoms with Crippen molar-refractivity contribution in [3.8, 4) is 17.2 Å². The van der Waals surface area contributed by atoms with Crippen LogP contribution in [0.15, 0.2) is 6.07 Å². The largest absolute Gasteiger partial charge is 0.493 e. The van der Waals surface area contributed by atoms with E-state index in [2.05, 4.69) is 5.32 Å². The van der Waals surface area contributed by atoms with Crippen LogP contribution in [0, 0.1) is 0 Å². The molecule has 0 aliphatic heterocycles. The van der Waals surface area contributed by atoms with Crippen LogP contribution in [-0.2, 0) is 4.79 Å². The number of anilines is 1. The highest BCUT2D eigenvalue weighted by Crippen LogP contribution is 2.44. The minimum absolute atomic E-state index is 0.0156. The number of carbonyl (C=O) groups is 2. The number of hydrogen-bond donors (Lipinski definition) is 2. The first-order chi connectivity index (χ1) is 8.96. The summed E-state index contributed by atoms with van der Waals surface area (Å²) in [5, 5.41) is 11.7. The van der Waals surface area contributed by atoms with Gasteiger partial charge in [0.1, 0.15) is 5.56 Å². The first-order valence-electron chi connectivity index (χ1n) is 5.30. The van der Waals surface area contributed by atoms with Crippen LogP contribution in [-0.4, -0.2) is 38.3 Å². The van der Waals surface area contributed by atoms with Crippen LogP contribution in [0.1, 0.15) is 17.3 Å². The van der Waals surface area contributed by atoms with Crippen LogP contribution in [0.5, 0.6) is 17.2 Å². The molecule has 0 aromatic heterocycles. The molecular formula is C12H15NO6. The molecule has 0 heterocycles. The smallest absolute Gasteiger partial charge is 0.341 e. The van der Waals surface area contributed by atoms with Gasteiger partial charge < -0.3 is 24.6 Å². The standard InChI is InChI=1S/C12H15NO6/c1-6(14)13-7-5-8(17-2)10(18-3)11(19-4)9(7)12(15)16/h5H,1-4H3,(H,13,14)(H,15,16). The molecule has 0 bridgehead atoms. The number of benzene rings is 1. The Hall–Kier alpha value is -2.44. The molecule has 1 rings (SSSR count). The molecule has 0 aliphatic carbocycles. The van der Waals surface area contributed by atoms with E-state index in [1.165, 1.54) is 34.3 Å². The van der Waals surface area contributed by atoms with Crippen LogP contribution in [0.25, 0.3) is 0 Å². The van der Waals surface area contributed by atoms with E-state index in [1.807, 2.05) is 0 Å². The van der Waals surface area contributed by atoms with Crippen molar-refractivity contribution in [2.24, 2.45) is 0 Å². The van der Waals surface area contributed by atoms with E-state index in [1.54, 1.807) is 0 Å². The average molecular weight is 269 g/mol. The maximum atomic E-state index is 11.3. The number of rotatable bonds is 5. The normalized spacial score (nSPS) is 9.68. The maximum Gasteiger partial charge on any atom is 0.341 e. The number of nitrogens with one attached hydrogen (secondary N) is 1. The summed E-state index contributed by atoms with van der Waals surface area (Å²) in [4.78, 5) is 22.4. The van der Waals surface area contributed by atoms with Crippen molar-refractivity contribution in [1.82, 2.24) is 0 Å². The monoisotopic (exact) mass is 269 g/mol. The first-order valence-corrected chi connectivity index (χ1v) is 5.30. The van der Waals surface area contributed by atoms with E-state index in [0.717, 1.165) is 0 Å². The second kappa shape index (κ2) is 5.94. The van der Waals surface area contributed by atoms with Crippen molar-refractivity contribution in [1.29, 1.82) is 0 Å². The average Bonchev–Trinajstić information content (AvgIpc) is 2.35. The highest BCUT2D eigenvalue weighted by molar-refractivity contribution is 6.03. The summed E-state index contributed by atoms with van der Waals surface area (Å²) in [5.74, 6) is -1.26. The zero-order valence-corrected chi connectivity index (χ0v) is 11.1. The van der Waals surface area contributed by atoms with Gasteiger partial charge in [-0.1, -0.05) is 0 Å². The second-order valence-corrected chi connectivity index (χ2v) is 3.55. The van der Waals surface area contributed by atoms with Crippen LogP contribution in [0.4, 0.5) is 5.69 Å². The topological polar surface area (TPSA) is 94.1 Å². The fourth-order valence-corrected chi connectivity index (χ4v) is 1.66. The number of amides is 1. The molecule has 0 atom stereocenters. The molecule has 19 heavy (non-hydrogen) atoms. The van der Waals surface area contributed by atoms with E-state index in [0.29, 0.717) is 0 Å². The predicted molar refractivity (Wildman–Crippen MR) is 67.4 cm³/mol. The number of aromatic carboxylic acids is 1. The number of methoxy groups -OCH3 is 3. The van der Waals surface area contributed by atoms with Gasteiger partial charge in [0.15, 0.2) is 11.5 Å². The van der Waals surface area contributed by atoms with Gasteiger partial charge in [0, 0.05) is 13.0 Å². The number of ether oxygens (including phenoxy) is 3. The van der Waals surface area contributed by atoms with Crippen LogP contribution in [0.2, 0.25) is 0 Å². The lowest BCUT2D eigenvalue weighted by Crippen LogP contribution is -2.13. The van der Waals surface area contributed by atoms with Crippen molar-refractivity contribution in [2.75, 3.05) is 26.6 Å². The van der Waals surface area contributed by atoms with Crippen molar-refractivity contribution in [3.05, 3.63) is 11.6 Å². The van der Waals surface area contributed by atoms with Gasteiger partial charge in [-0.05, 0) is 0 Å². The van der Waals surface area contributed by atoms with E-state index in [9.17, 15) is 14.7 Å². The van der Waals surface area contributed by atoms with Crippen molar-refractivity contribution in [2.45, 2.75) is 6.92 Å². The predicted octanol–water partition coefficient (Wildman–Crippen LogP) is 1.37. The van der Waals surface area contributed by atoms with E-state index >= 15 is 0 Å². The van der Waals surface area contributed by atoms with Gasteiger partial charge in [-0.15, -0.1) is 0 Å². The molecule has 1 aromatic rings. The minimum Gasteiger partial charge on any atom is -0.493 e. The number of hydrogen-bond acceptors (Lipinski definition) is 5. The minimum atomic E-state index is -1.25. The van der Waals surface area contributed by atoms with Gasteiger partial charge in [-0.2, -0.15) is 0 Å². The fraction of sp³-hybridized carbons (Fsp3) is 0.333. The molecule has 0 unspecified atom stereocenters. The van der Waals surface area contributed by atoms with Gasteiger partial charge in [0.2, 0.25) is 11.7 Å². The Balaban J connectivity index is 3.62. The molecule has 7 heteroatoms. The van der Waals surface area contributed by atoms with Gasteiger partial charge >= 0.3 is 5.97 Å². The van der Waals surface area contributed by atoms with Crippen molar-refractivity contribution in [3.63, 3.8) is 0 Å². The summed E-state index contributed by atoms with van der Waals surface area (Å²) in [6, 6.07) is 1.37. The summed E-state index contributed by atoms with van der Waals surface area (Å²) in [6.07, 6.45) is 0. The SMILES string of the molecule is COc1cc(NC(C)=O)c(C(=O)O)c(OC)c1OC. The molecule has 7 nitrogen and oxygen atoms in total. The molecule has 2 N–H and O–H groups in total. The summed E-state index contributed by atoms with van der Waals surface area (Å²) in [6.45, 7) is 1.27. The summed E-state index contributed by atoms with van der Waals surface area (Å²) in [7, 11) is 4.07. The molecule has 0 radical (unpaired) electrons. The molecule has 0 aliphatic rings. The third-order valence-electron chi connectivity index (χ3n) is 2.35. The van der Waals surface area contributed by atoms with E-state index in [-0.39, 0.29) is 28.5 Å². The lowest BCUT2D eigenvalue weighted by atomic mass is 10.1. The zero-order chi connectivity index (χ0) is 14.6.